The Bertz CT molecular complexity index is 155. The van der Waals surface area contributed by atoms with Crippen LogP contribution >= 0.6 is 0 Å². The van der Waals surface area contributed by atoms with E-state index in [9.17, 15) is 9.90 Å². The molecule has 2 atom stereocenters. The molecule has 12 heavy (non-hydrogen) atoms. The lowest BCUT2D eigenvalue weighted by molar-refractivity contribution is -0.115. The van der Waals surface area contributed by atoms with Crippen molar-refractivity contribution in [3.8, 4) is 0 Å². The molecule has 0 spiro atoms. The van der Waals surface area contributed by atoms with Gasteiger partial charge in [-0.15, -0.1) is 0 Å². The second-order valence-corrected chi connectivity index (χ2v) is 4.45. The van der Waals surface area contributed by atoms with Crippen LogP contribution in [0.2, 0.25) is 0 Å². The molecule has 70 valence electrons. The van der Waals surface area contributed by atoms with Gasteiger partial charge in [-0.2, -0.15) is 0 Å². The summed E-state index contributed by atoms with van der Waals surface area (Å²) in [4.78, 5) is 10.3. The molecule has 2 unspecified atom stereocenters. The fourth-order valence-corrected chi connectivity index (χ4v) is 2.56. The fraction of sp³-hybridized carbons (Fsp3) is 0.900. The first-order valence-electron chi connectivity index (χ1n) is 4.72. The minimum atomic E-state index is -0.696. The molecule has 2 heteroatoms. The average Bonchev–Trinajstić information content (AvgIpc) is 1.82. The summed E-state index contributed by atoms with van der Waals surface area (Å²) in [6.07, 6.45) is 3.90. The third-order valence-electron chi connectivity index (χ3n) is 2.72. The highest BCUT2D eigenvalue weighted by molar-refractivity contribution is 5.51. The van der Waals surface area contributed by atoms with Crippen LogP contribution in [0.3, 0.4) is 0 Å². The van der Waals surface area contributed by atoms with Gasteiger partial charge in [-0.1, -0.05) is 13.8 Å². The van der Waals surface area contributed by atoms with E-state index < -0.39 is 5.60 Å². The van der Waals surface area contributed by atoms with Crippen molar-refractivity contribution in [3.05, 3.63) is 0 Å². The van der Waals surface area contributed by atoms with Crippen molar-refractivity contribution < 1.29 is 9.90 Å². The normalized spacial score (nSPS) is 42.6. The Balaban J connectivity index is 2.57. The van der Waals surface area contributed by atoms with Crippen LogP contribution in [-0.2, 0) is 4.79 Å². The van der Waals surface area contributed by atoms with Crippen molar-refractivity contribution in [1.29, 1.82) is 0 Å². The van der Waals surface area contributed by atoms with Crippen molar-refractivity contribution in [1.82, 2.24) is 0 Å². The summed E-state index contributed by atoms with van der Waals surface area (Å²) in [5.74, 6) is 1.11. The number of carbonyl (C=O) groups excluding carboxylic acids is 1. The highest BCUT2D eigenvalue weighted by Gasteiger charge is 2.35. The lowest BCUT2D eigenvalue weighted by atomic mass is 9.72. The number of aliphatic hydroxyl groups is 1. The Labute approximate surface area is 74.0 Å². The molecule has 1 rings (SSSR count). The van der Waals surface area contributed by atoms with E-state index in [0.717, 1.165) is 19.1 Å². The van der Waals surface area contributed by atoms with Gasteiger partial charge in [0.25, 0.3) is 0 Å². The van der Waals surface area contributed by atoms with E-state index in [1.165, 1.54) is 6.42 Å². The number of aldehydes is 1. The van der Waals surface area contributed by atoms with Gasteiger partial charge in [0.1, 0.15) is 6.29 Å². The molecule has 0 aromatic carbocycles. The van der Waals surface area contributed by atoms with Gasteiger partial charge in [0.05, 0.1) is 5.60 Å². The summed E-state index contributed by atoms with van der Waals surface area (Å²) in [7, 11) is 0. The van der Waals surface area contributed by atoms with Crippen LogP contribution in [-0.4, -0.2) is 17.0 Å². The van der Waals surface area contributed by atoms with Crippen molar-refractivity contribution >= 4 is 6.29 Å². The Kier molecular flexibility index (Phi) is 2.89. The first-order valence-corrected chi connectivity index (χ1v) is 4.72. The van der Waals surface area contributed by atoms with E-state index in [4.69, 9.17) is 0 Å². The highest BCUT2D eigenvalue weighted by atomic mass is 16.3. The van der Waals surface area contributed by atoms with E-state index >= 15 is 0 Å². The Morgan fingerprint density at radius 3 is 2.33 bits per heavy atom. The Hall–Kier alpha value is -0.370. The van der Waals surface area contributed by atoms with E-state index in [-0.39, 0.29) is 0 Å². The Morgan fingerprint density at radius 1 is 1.42 bits per heavy atom. The third kappa shape index (κ3) is 2.31. The zero-order chi connectivity index (χ0) is 9.19. The van der Waals surface area contributed by atoms with Crippen molar-refractivity contribution in [2.45, 2.75) is 45.1 Å². The zero-order valence-corrected chi connectivity index (χ0v) is 7.92. The van der Waals surface area contributed by atoms with Crippen LogP contribution in [0.25, 0.3) is 0 Å². The molecule has 0 aromatic heterocycles. The standard InChI is InChI=1S/C10H18O2/c1-8-5-9(2)7-10(12,6-8)3-4-11/h4,8-9,12H,3,5-7H2,1-2H3. The first kappa shape index (κ1) is 9.72. The van der Waals surface area contributed by atoms with Crippen LogP contribution < -0.4 is 0 Å². The summed E-state index contributed by atoms with van der Waals surface area (Å²) in [6, 6.07) is 0. The van der Waals surface area contributed by atoms with Gasteiger partial charge in [0.15, 0.2) is 0 Å². The SMILES string of the molecule is CC1CC(C)CC(O)(CC=O)C1. The number of hydrogen-bond donors (Lipinski definition) is 1. The van der Waals surface area contributed by atoms with Gasteiger partial charge in [-0.05, 0) is 31.1 Å². The van der Waals surface area contributed by atoms with Gasteiger partial charge in [0, 0.05) is 6.42 Å². The summed E-state index contributed by atoms with van der Waals surface area (Å²) in [6.45, 7) is 4.29. The molecular formula is C10H18O2. The molecule has 0 aliphatic heterocycles. The number of hydrogen-bond acceptors (Lipinski definition) is 2. The Morgan fingerprint density at radius 2 is 1.92 bits per heavy atom. The average molecular weight is 170 g/mol. The molecule has 2 nitrogen and oxygen atoms in total. The lowest BCUT2D eigenvalue weighted by Crippen LogP contribution is -2.38. The van der Waals surface area contributed by atoms with Gasteiger partial charge < -0.3 is 9.90 Å². The van der Waals surface area contributed by atoms with Crippen molar-refractivity contribution in [3.63, 3.8) is 0 Å². The van der Waals surface area contributed by atoms with Crippen molar-refractivity contribution in [2.75, 3.05) is 0 Å². The topological polar surface area (TPSA) is 37.3 Å². The highest BCUT2D eigenvalue weighted by Crippen LogP contribution is 2.37. The summed E-state index contributed by atoms with van der Waals surface area (Å²) >= 11 is 0. The fourth-order valence-electron chi connectivity index (χ4n) is 2.56. The van der Waals surface area contributed by atoms with Gasteiger partial charge in [-0.3, -0.25) is 0 Å². The minimum Gasteiger partial charge on any atom is -0.389 e. The van der Waals surface area contributed by atoms with Crippen LogP contribution in [0.4, 0.5) is 0 Å². The summed E-state index contributed by atoms with van der Waals surface area (Å²) in [5.41, 5.74) is -0.696. The molecule has 0 radical (unpaired) electrons. The molecule has 0 aromatic rings. The van der Waals surface area contributed by atoms with Crippen molar-refractivity contribution in [2.24, 2.45) is 11.8 Å². The largest absolute Gasteiger partial charge is 0.389 e. The van der Waals surface area contributed by atoms with Gasteiger partial charge in [-0.25, -0.2) is 0 Å². The molecule has 0 heterocycles. The van der Waals surface area contributed by atoms with Crippen LogP contribution in [0.5, 0.6) is 0 Å². The van der Waals surface area contributed by atoms with E-state index in [1.807, 2.05) is 0 Å². The summed E-state index contributed by atoms with van der Waals surface area (Å²) in [5, 5.41) is 9.98. The summed E-state index contributed by atoms with van der Waals surface area (Å²) < 4.78 is 0. The van der Waals surface area contributed by atoms with E-state index in [0.29, 0.717) is 18.3 Å². The van der Waals surface area contributed by atoms with Crippen LogP contribution in [0, 0.1) is 11.8 Å². The monoisotopic (exact) mass is 170 g/mol. The maximum absolute atomic E-state index is 10.3. The number of carbonyl (C=O) groups is 1. The second kappa shape index (κ2) is 3.56. The maximum Gasteiger partial charge on any atom is 0.122 e. The predicted molar refractivity (Wildman–Crippen MR) is 47.8 cm³/mol. The smallest absolute Gasteiger partial charge is 0.122 e. The maximum atomic E-state index is 10.3. The number of rotatable bonds is 2. The minimum absolute atomic E-state index is 0.307. The molecular weight excluding hydrogens is 152 g/mol. The molecule has 0 amide bonds. The third-order valence-corrected chi connectivity index (χ3v) is 2.72. The van der Waals surface area contributed by atoms with Crippen LogP contribution in [0.15, 0.2) is 0 Å². The van der Waals surface area contributed by atoms with E-state index in [1.54, 1.807) is 0 Å². The molecule has 1 aliphatic carbocycles. The zero-order valence-electron chi connectivity index (χ0n) is 7.92. The van der Waals surface area contributed by atoms with Gasteiger partial charge in [0.2, 0.25) is 0 Å². The predicted octanol–water partition coefficient (Wildman–Crippen LogP) is 1.76. The quantitative estimate of drug-likeness (QED) is 0.641. The molecule has 1 fully saturated rings. The first-order chi connectivity index (χ1) is 5.56. The molecule has 1 saturated carbocycles. The van der Waals surface area contributed by atoms with Crippen LogP contribution in [0.1, 0.15) is 39.5 Å². The molecule has 1 N–H and O–H groups in total. The molecule has 1 aliphatic rings. The second-order valence-electron chi connectivity index (χ2n) is 4.45. The lowest BCUT2D eigenvalue weighted by Gasteiger charge is -2.37. The van der Waals surface area contributed by atoms with E-state index in [2.05, 4.69) is 13.8 Å². The molecule has 0 bridgehead atoms. The van der Waals surface area contributed by atoms with Gasteiger partial charge >= 0.3 is 0 Å². The molecule has 0 saturated heterocycles.